The molecule has 4 rings (SSSR count). The standard InChI is InChI=1S/C24H28N4O4/c1-24(2,3)16-8-9-17-15(13-16)7-10-20(17)27-22(30)26-19-5-4-6-21-18(19)14-25-28(21)23(31)32-12-11-29/h4-6,8-9,13-14,20,29H,7,10-12H2,1-3H3,(H2,26,27,30)/t20-/m1/s1. The summed E-state index contributed by atoms with van der Waals surface area (Å²) in [5.41, 5.74) is 4.88. The summed E-state index contributed by atoms with van der Waals surface area (Å²) >= 11 is 0. The third kappa shape index (κ3) is 4.31. The van der Waals surface area contributed by atoms with Crippen molar-refractivity contribution in [1.82, 2.24) is 15.1 Å². The number of anilines is 1. The van der Waals surface area contributed by atoms with Crippen LogP contribution in [0, 0.1) is 0 Å². The van der Waals surface area contributed by atoms with E-state index in [1.54, 1.807) is 18.2 Å². The van der Waals surface area contributed by atoms with E-state index in [1.165, 1.54) is 17.3 Å². The van der Waals surface area contributed by atoms with Gasteiger partial charge in [-0.15, -0.1) is 0 Å². The Bertz CT molecular complexity index is 1160. The van der Waals surface area contributed by atoms with E-state index < -0.39 is 6.09 Å². The molecule has 32 heavy (non-hydrogen) atoms. The lowest BCUT2D eigenvalue weighted by Gasteiger charge is -2.21. The third-order valence-electron chi connectivity index (χ3n) is 5.74. The van der Waals surface area contributed by atoms with E-state index in [0.29, 0.717) is 16.6 Å². The van der Waals surface area contributed by atoms with Crippen LogP contribution in [0.2, 0.25) is 0 Å². The Morgan fingerprint density at radius 3 is 2.81 bits per heavy atom. The first-order valence-electron chi connectivity index (χ1n) is 10.7. The summed E-state index contributed by atoms with van der Waals surface area (Å²) in [6.07, 6.45) is 2.61. The lowest BCUT2D eigenvalue weighted by atomic mass is 9.85. The van der Waals surface area contributed by atoms with E-state index in [9.17, 15) is 9.59 Å². The van der Waals surface area contributed by atoms with Crippen molar-refractivity contribution in [3.8, 4) is 0 Å². The van der Waals surface area contributed by atoms with Crippen LogP contribution in [0.25, 0.3) is 10.9 Å². The van der Waals surface area contributed by atoms with E-state index >= 15 is 0 Å². The molecule has 1 heterocycles. The molecule has 0 bridgehead atoms. The molecule has 1 aliphatic rings. The second-order valence-corrected chi connectivity index (χ2v) is 8.99. The molecule has 0 radical (unpaired) electrons. The smallest absolute Gasteiger partial charge is 0.435 e. The Morgan fingerprint density at radius 2 is 2.06 bits per heavy atom. The number of fused-ring (bicyclic) bond motifs is 2. The summed E-state index contributed by atoms with van der Waals surface area (Å²) < 4.78 is 6.03. The van der Waals surface area contributed by atoms with E-state index in [1.807, 2.05) is 0 Å². The summed E-state index contributed by atoms with van der Waals surface area (Å²) in [7, 11) is 0. The molecule has 0 spiro atoms. The van der Waals surface area contributed by atoms with Crippen LogP contribution < -0.4 is 10.6 Å². The zero-order valence-corrected chi connectivity index (χ0v) is 18.5. The number of hydrogen-bond donors (Lipinski definition) is 3. The molecule has 3 aromatic rings. The Balaban J connectivity index is 1.48. The van der Waals surface area contributed by atoms with Gasteiger partial charge in [0.15, 0.2) is 0 Å². The van der Waals surface area contributed by atoms with Crippen molar-refractivity contribution in [2.24, 2.45) is 0 Å². The van der Waals surface area contributed by atoms with Crippen molar-refractivity contribution >= 4 is 28.7 Å². The molecule has 2 amide bonds. The maximum absolute atomic E-state index is 12.8. The maximum atomic E-state index is 12.8. The van der Waals surface area contributed by atoms with Gasteiger partial charge in [0, 0.05) is 5.39 Å². The van der Waals surface area contributed by atoms with Crippen LogP contribution in [0.5, 0.6) is 0 Å². The summed E-state index contributed by atoms with van der Waals surface area (Å²) in [4.78, 5) is 24.9. The van der Waals surface area contributed by atoms with E-state index in [4.69, 9.17) is 9.84 Å². The van der Waals surface area contributed by atoms with Crippen LogP contribution >= 0.6 is 0 Å². The van der Waals surface area contributed by atoms with Crippen LogP contribution in [0.15, 0.2) is 42.6 Å². The van der Waals surface area contributed by atoms with E-state index in [2.05, 4.69) is 54.7 Å². The largest absolute Gasteiger partial charge is 0.445 e. The summed E-state index contributed by atoms with van der Waals surface area (Å²) in [5, 5.41) is 19.5. The summed E-state index contributed by atoms with van der Waals surface area (Å²) in [6, 6.07) is 11.4. The van der Waals surface area contributed by atoms with Gasteiger partial charge in [-0.1, -0.05) is 45.0 Å². The molecule has 0 aliphatic heterocycles. The number of amides is 2. The Kier molecular flexibility index (Phi) is 5.88. The van der Waals surface area contributed by atoms with E-state index in [0.717, 1.165) is 23.1 Å². The number of aliphatic hydroxyl groups is 1. The van der Waals surface area contributed by atoms with Gasteiger partial charge in [0.05, 0.1) is 30.0 Å². The van der Waals surface area contributed by atoms with Crippen LogP contribution in [0.3, 0.4) is 0 Å². The number of nitrogens with zero attached hydrogens (tertiary/aromatic N) is 2. The molecular formula is C24H28N4O4. The lowest BCUT2D eigenvalue weighted by Crippen LogP contribution is -2.31. The van der Waals surface area contributed by atoms with Crippen molar-refractivity contribution in [2.45, 2.75) is 45.1 Å². The Morgan fingerprint density at radius 1 is 1.25 bits per heavy atom. The van der Waals surface area contributed by atoms with Gasteiger partial charge in [-0.3, -0.25) is 0 Å². The van der Waals surface area contributed by atoms with Gasteiger partial charge in [0.2, 0.25) is 0 Å². The molecule has 0 fully saturated rings. The number of aromatic nitrogens is 2. The fraction of sp³-hybridized carbons (Fsp3) is 0.375. The highest BCUT2D eigenvalue weighted by atomic mass is 16.6. The highest BCUT2D eigenvalue weighted by molar-refractivity contribution is 6.02. The van der Waals surface area contributed by atoms with Crippen molar-refractivity contribution in [3.05, 3.63) is 59.3 Å². The number of aryl methyl sites for hydroxylation is 1. The molecule has 168 valence electrons. The summed E-state index contributed by atoms with van der Waals surface area (Å²) in [5.74, 6) is 0. The number of urea groups is 1. The lowest BCUT2D eigenvalue weighted by molar-refractivity contribution is 0.118. The molecule has 2 aromatic carbocycles. The third-order valence-corrected chi connectivity index (χ3v) is 5.74. The topological polar surface area (TPSA) is 105 Å². The number of aliphatic hydroxyl groups excluding tert-OH is 1. The minimum atomic E-state index is -0.687. The van der Waals surface area contributed by atoms with Gasteiger partial charge in [-0.05, 0) is 47.1 Å². The van der Waals surface area contributed by atoms with Crippen LogP contribution in [0.4, 0.5) is 15.3 Å². The van der Waals surface area contributed by atoms with Gasteiger partial charge in [-0.25, -0.2) is 9.59 Å². The molecule has 0 saturated carbocycles. The zero-order valence-electron chi connectivity index (χ0n) is 18.5. The quantitative estimate of drug-likeness (QED) is 0.571. The highest BCUT2D eigenvalue weighted by Gasteiger charge is 2.26. The van der Waals surface area contributed by atoms with Crippen molar-refractivity contribution < 1.29 is 19.4 Å². The second kappa shape index (κ2) is 8.63. The first kappa shape index (κ1) is 21.8. The first-order valence-corrected chi connectivity index (χ1v) is 10.7. The molecule has 1 atom stereocenters. The van der Waals surface area contributed by atoms with Crippen molar-refractivity contribution in [2.75, 3.05) is 18.5 Å². The maximum Gasteiger partial charge on any atom is 0.435 e. The summed E-state index contributed by atoms with van der Waals surface area (Å²) in [6.45, 7) is 6.21. The molecule has 1 aliphatic carbocycles. The Hall–Kier alpha value is -3.39. The molecule has 0 saturated heterocycles. The van der Waals surface area contributed by atoms with Crippen molar-refractivity contribution in [1.29, 1.82) is 0 Å². The van der Waals surface area contributed by atoms with Crippen LogP contribution in [-0.4, -0.2) is 40.2 Å². The van der Waals surface area contributed by atoms with Gasteiger partial charge < -0.3 is 20.5 Å². The fourth-order valence-corrected chi connectivity index (χ4v) is 4.05. The monoisotopic (exact) mass is 436 g/mol. The molecule has 0 unspecified atom stereocenters. The normalized spacial score (nSPS) is 15.4. The molecule has 8 nitrogen and oxygen atoms in total. The number of ether oxygens (including phenoxy) is 1. The van der Waals surface area contributed by atoms with Crippen molar-refractivity contribution in [3.63, 3.8) is 0 Å². The number of carbonyl (C=O) groups is 2. The number of carbonyl (C=O) groups excluding carboxylic acids is 2. The highest BCUT2D eigenvalue weighted by Crippen LogP contribution is 2.34. The molecule has 8 heteroatoms. The van der Waals surface area contributed by atoms with Gasteiger partial charge in [0.1, 0.15) is 6.61 Å². The van der Waals surface area contributed by atoms with Gasteiger partial charge in [0.25, 0.3) is 0 Å². The number of hydrogen-bond acceptors (Lipinski definition) is 5. The minimum Gasteiger partial charge on any atom is -0.445 e. The average molecular weight is 437 g/mol. The number of rotatable bonds is 4. The van der Waals surface area contributed by atoms with Gasteiger partial charge >= 0.3 is 12.1 Å². The number of nitrogens with one attached hydrogen (secondary N) is 2. The minimum absolute atomic E-state index is 0.0468. The predicted octanol–water partition coefficient (Wildman–Crippen LogP) is 4.12. The van der Waals surface area contributed by atoms with Crippen LogP contribution in [-0.2, 0) is 16.6 Å². The molecule has 3 N–H and O–H groups in total. The SMILES string of the molecule is CC(C)(C)c1ccc2c(c1)CC[C@H]2NC(=O)Nc1cccc2c1cnn2C(=O)OCCO. The fourth-order valence-electron chi connectivity index (χ4n) is 4.05. The van der Waals surface area contributed by atoms with Crippen LogP contribution in [0.1, 0.15) is 49.9 Å². The van der Waals surface area contributed by atoms with Gasteiger partial charge in [-0.2, -0.15) is 9.78 Å². The zero-order chi connectivity index (χ0) is 22.9. The molecule has 1 aromatic heterocycles. The molecular weight excluding hydrogens is 408 g/mol. The average Bonchev–Trinajstić information content (AvgIpc) is 3.36. The second-order valence-electron chi connectivity index (χ2n) is 8.99. The predicted molar refractivity (Wildman–Crippen MR) is 122 cm³/mol. The number of benzene rings is 2. The first-order chi connectivity index (χ1) is 15.3. The Labute approximate surface area is 186 Å². The van der Waals surface area contributed by atoms with E-state index in [-0.39, 0.29) is 30.7 Å².